The third-order valence-electron chi connectivity index (χ3n) is 6.11. The standard InChI is InChI=1S/C24H24ClFN4O2/c25-16-3-1-15(2-4-16)13-28-24(32)19-14-30(17-5-6-17)21-12-22(29-9-7-27-8-10-29)20(26)11-18(21)23(19)31/h1-4,11-12,14,17,27H,5-10,13H2,(H,28,32). The van der Waals surface area contributed by atoms with E-state index in [0.717, 1.165) is 31.5 Å². The van der Waals surface area contributed by atoms with Gasteiger partial charge in [0.1, 0.15) is 11.4 Å². The number of hydrogen-bond acceptors (Lipinski definition) is 4. The van der Waals surface area contributed by atoms with Crippen molar-refractivity contribution in [2.24, 2.45) is 0 Å². The van der Waals surface area contributed by atoms with Crippen molar-refractivity contribution in [1.82, 2.24) is 15.2 Å². The van der Waals surface area contributed by atoms with E-state index >= 15 is 4.39 Å². The van der Waals surface area contributed by atoms with Crippen molar-refractivity contribution in [3.05, 3.63) is 74.8 Å². The quantitative estimate of drug-likeness (QED) is 0.619. The van der Waals surface area contributed by atoms with Gasteiger partial charge in [0.2, 0.25) is 5.43 Å². The van der Waals surface area contributed by atoms with Gasteiger partial charge in [0.25, 0.3) is 5.91 Å². The topological polar surface area (TPSA) is 66.4 Å². The third-order valence-corrected chi connectivity index (χ3v) is 6.36. The van der Waals surface area contributed by atoms with Crippen LogP contribution in [0, 0.1) is 5.82 Å². The minimum Gasteiger partial charge on any atom is -0.367 e. The first-order valence-corrected chi connectivity index (χ1v) is 11.3. The molecule has 1 saturated carbocycles. The largest absolute Gasteiger partial charge is 0.367 e. The molecule has 1 aliphatic carbocycles. The van der Waals surface area contributed by atoms with Crippen LogP contribution in [0.15, 0.2) is 47.4 Å². The highest BCUT2D eigenvalue weighted by Gasteiger charge is 2.28. The second kappa shape index (κ2) is 8.56. The van der Waals surface area contributed by atoms with Crippen LogP contribution in [-0.4, -0.2) is 36.7 Å². The summed E-state index contributed by atoms with van der Waals surface area (Å²) in [4.78, 5) is 28.1. The van der Waals surface area contributed by atoms with Gasteiger partial charge in [-0.15, -0.1) is 0 Å². The van der Waals surface area contributed by atoms with Crippen LogP contribution < -0.4 is 21.0 Å². The third kappa shape index (κ3) is 4.10. The molecule has 2 heterocycles. The fourth-order valence-corrected chi connectivity index (χ4v) is 4.33. The van der Waals surface area contributed by atoms with Gasteiger partial charge in [-0.1, -0.05) is 23.7 Å². The van der Waals surface area contributed by atoms with Crippen LogP contribution >= 0.6 is 11.6 Å². The number of pyridine rings is 1. The molecule has 1 amide bonds. The fraction of sp³-hybridized carbons (Fsp3) is 0.333. The molecular formula is C24H24ClFN4O2. The first-order valence-electron chi connectivity index (χ1n) is 10.9. The van der Waals surface area contributed by atoms with Crippen molar-refractivity contribution < 1.29 is 9.18 Å². The number of halogens is 2. The molecule has 6 nitrogen and oxygen atoms in total. The predicted octanol–water partition coefficient (Wildman–Crippen LogP) is 3.47. The molecule has 5 rings (SSSR count). The van der Waals surface area contributed by atoms with Gasteiger partial charge in [0, 0.05) is 55.4 Å². The molecule has 166 valence electrons. The highest BCUT2D eigenvalue weighted by molar-refractivity contribution is 6.30. The van der Waals surface area contributed by atoms with Crippen LogP contribution in [0.25, 0.3) is 10.9 Å². The van der Waals surface area contributed by atoms with Crippen molar-refractivity contribution in [2.45, 2.75) is 25.4 Å². The minimum atomic E-state index is -0.465. The van der Waals surface area contributed by atoms with Crippen LogP contribution in [-0.2, 0) is 6.54 Å². The Morgan fingerprint density at radius 3 is 2.56 bits per heavy atom. The van der Waals surface area contributed by atoms with Crippen LogP contribution in [0.3, 0.4) is 0 Å². The van der Waals surface area contributed by atoms with Gasteiger partial charge >= 0.3 is 0 Å². The lowest BCUT2D eigenvalue weighted by Crippen LogP contribution is -2.44. The van der Waals surface area contributed by atoms with E-state index in [1.165, 1.54) is 6.07 Å². The Morgan fingerprint density at radius 1 is 1.16 bits per heavy atom. The summed E-state index contributed by atoms with van der Waals surface area (Å²) in [6, 6.07) is 10.4. The van der Waals surface area contributed by atoms with Crippen LogP contribution in [0.1, 0.15) is 34.8 Å². The molecule has 1 aliphatic heterocycles. The van der Waals surface area contributed by atoms with Crippen molar-refractivity contribution in [3.63, 3.8) is 0 Å². The maximum absolute atomic E-state index is 15.0. The summed E-state index contributed by atoms with van der Waals surface area (Å²) in [7, 11) is 0. The molecule has 1 saturated heterocycles. The molecule has 2 fully saturated rings. The van der Waals surface area contributed by atoms with Crippen molar-refractivity contribution in [2.75, 3.05) is 31.1 Å². The van der Waals surface area contributed by atoms with Gasteiger partial charge in [0.05, 0.1) is 11.2 Å². The molecule has 2 aromatic carbocycles. The first-order chi connectivity index (χ1) is 15.5. The molecule has 32 heavy (non-hydrogen) atoms. The Morgan fingerprint density at radius 2 is 1.88 bits per heavy atom. The van der Waals surface area contributed by atoms with Crippen molar-refractivity contribution >= 4 is 34.1 Å². The minimum absolute atomic E-state index is 0.0349. The summed E-state index contributed by atoms with van der Waals surface area (Å²) < 4.78 is 17.0. The Bertz CT molecular complexity index is 1230. The van der Waals surface area contributed by atoms with Crippen molar-refractivity contribution in [1.29, 1.82) is 0 Å². The number of anilines is 1. The van der Waals surface area contributed by atoms with E-state index in [9.17, 15) is 9.59 Å². The van der Waals surface area contributed by atoms with Crippen LogP contribution in [0.2, 0.25) is 5.02 Å². The second-order valence-corrected chi connectivity index (χ2v) is 8.81. The lowest BCUT2D eigenvalue weighted by atomic mass is 10.1. The van der Waals surface area contributed by atoms with E-state index in [1.54, 1.807) is 24.4 Å². The number of benzene rings is 2. The van der Waals surface area contributed by atoms with E-state index in [-0.39, 0.29) is 23.5 Å². The zero-order valence-electron chi connectivity index (χ0n) is 17.5. The summed E-state index contributed by atoms with van der Waals surface area (Å²) >= 11 is 5.90. The highest BCUT2D eigenvalue weighted by atomic mass is 35.5. The molecule has 0 radical (unpaired) electrons. The van der Waals surface area contributed by atoms with Gasteiger partial charge in [-0.2, -0.15) is 0 Å². The van der Waals surface area contributed by atoms with Gasteiger partial charge in [0.15, 0.2) is 0 Å². The van der Waals surface area contributed by atoms with Gasteiger partial charge < -0.3 is 20.1 Å². The fourth-order valence-electron chi connectivity index (χ4n) is 4.20. The lowest BCUT2D eigenvalue weighted by Gasteiger charge is -2.30. The SMILES string of the molecule is O=C(NCc1ccc(Cl)cc1)c1cn(C2CC2)c2cc(N3CCNCC3)c(F)cc2c1=O. The zero-order chi connectivity index (χ0) is 22.2. The Hall–Kier alpha value is -2.90. The molecule has 0 atom stereocenters. The molecule has 3 aromatic rings. The number of carbonyl (C=O) groups excluding carboxylic acids is 1. The maximum atomic E-state index is 15.0. The smallest absolute Gasteiger partial charge is 0.257 e. The van der Waals surface area contributed by atoms with Gasteiger partial charge in [-0.3, -0.25) is 9.59 Å². The van der Waals surface area contributed by atoms with E-state index < -0.39 is 17.2 Å². The highest BCUT2D eigenvalue weighted by Crippen LogP contribution is 2.38. The second-order valence-electron chi connectivity index (χ2n) is 8.38. The molecule has 2 N–H and O–H groups in total. The number of rotatable bonds is 5. The monoisotopic (exact) mass is 454 g/mol. The Kier molecular flexibility index (Phi) is 5.61. The molecular weight excluding hydrogens is 431 g/mol. The summed E-state index contributed by atoms with van der Waals surface area (Å²) in [6.45, 7) is 3.27. The average molecular weight is 455 g/mol. The average Bonchev–Trinajstić information content (AvgIpc) is 3.65. The van der Waals surface area contributed by atoms with Crippen LogP contribution in [0.4, 0.5) is 10.1 Å². The summed E-state index contributed by atoms with van der Waals surface area (Å²) in [5.41, 5.74) is 1.65. The lowest BCUT2D eigenvalue weighted by molar-refractivity contribution is 0.0949. The Balaban J connectivity index is 1.51. The normalized spacial score (nSPS) is 16.4. The number of carbonyl (C=O) groups is 1. The molecule has 2 aliphatic rings. The number of nitrogens with one attached hydrogen (secondary N) is 2. The molecule has 1 aromatic heterocycles. The summed E-state index contributed by atoms with van der Waals surface area (Å²) in [5.74, 6) is -0.898. The number of hydrogen-bond donors (Lipinski definition) is 2. The molecule has 8 heteroatoms. The number of nitrogens with zero attached hydrogens (tertiary/aromatic N) is 2. The van der Waals surface area contributed by atoms with E-state index in [4.69, 9.17) is 11.6 Å². The zero-order valence-corrected chi connectivity index (χ0v) is 18.3. The summed E-state index contributed by atoms with van der Waals surface area (Å²) in [5, 5.41) is 6.92. The van der Waals surface area contributed by atoms with E-state index in [2.05, 4.69) is 10.6 Å². The van der Waals surface area contributed by atoms with Crippen LogP contribution in [0.5, 0.6) is 0 Å². The van der Waals surface area contributed by atoms with Gasteiger partial charge in [-0.25, -0.2) is 4.39 Å². The van der Waals surface area contributed by atoms with E-state index in [0.29, 0.717) is 29.3 Å². The van der Waals surface area contributed by atoms with Gasteiger partial charge in [-0.05, 0) is 42.7 Å². The molecule has 0 unspecified atom stereocenters. The number of amides is 1. The molecule has 0 bridgehead atoms. The maximum Gasteiger partial charge on any atom is 0.257 e. The first kappa shape index (κ1) is 21.0. The Labute approximate surface area is 190 Å². The van der Waals surface area contributed by atoms with Crippen molar-refractivity contribution in [3.8, 4) is 0 Å². The van der Waals surface area contributed by atoms with E-state index in [1.807, 2.05) is 21.6 Å². The number of piperazine rings is 1. The summed E-state index contributed by atoms with van der Waals surface area (Å²) in [6.07, 6.45) is 3.59. The molecule has 0 spiro atoms. The number of fused-ring (bicyclic) bond motifs is 1. The predicted molar refractivity (Wildman–Crippen MR) is 124 cm³/mol. The number of aromatic nitrogens is 1.